The van der Waals surface area contributed by atoms with Crippen LogP contribution in [0.15, 0.2) is 60.8 Å². The van der Waals surface area contributed by atoms with Crippen molar-refractivity contribution in [1.29, 1.82) is 0 Å². The number of nitrogens with zero attached hydrogens (tertiary/aromatic N) is 1. The standard InChI is InChI=1S/C19H20N2/c1-2-15-7-3-4-8-16(15)13-20-14-17-11-12-21-19-10-6-5-9-18(17)19/h3-12,20H,2,13-14H2,1H3. The Morgan fingerprint density at radius 3 is 2.38 bits per heavy atom. The van der Waals surface area contributed by atoms with Gasteiger partial charge in [-0.25, -0.2) is 0 Å². The van der Waals surface area contributed by atoms with E-state index in [-0.39, 0.29) is 0 Å². The van der Waals surface area contributed by atoms with Gasteiger partial charge in [0.05, 0.1) is 5.52 Å². The number of pyridine rings is 1. The lowest BCUT2D eigenvalue weighted by Crippen LogP contribution is -2.14. The van der Waals surface area contributed by atoms with Crippen molar-refractivity contribution in [3.63, 3.8) is 0 Å². The predicted octanol–water partition coefficient (Wildman–Crippen LogP) is 4.09. The Morgan fingerprint density at radius 1 is 0.810 bits per heavy atom. The number of rotatable bonds is 5. The van der Waals surface area contributed by atoms with Crippen LogP contribution in [0.1, 0.15) is 23.6 Å². The smallest absolute Gasteiger partial charge is 0.0705 e. The minimum atomic E-state index is 0.862. The van der Waals surface area contributed by atoms with Crippen molar-refractivity contribution in [2.45, 2.75) is 26.4 Å². The molecule has 0 radical (unpaired) electrons. The highest BCUT2D eigenvalue weighted by atomic mass is 14.8. The minimum absolute atomic E-state index is 0.862. The molecule has 0 unspecified atom stereocenters. The number of hydrogen-bond donors (Lipinski definition) is 1. The number of aryl methyl sites for hydroxylation is 1. The van der Waals surface area contributed by atoms with E-state index in [0.29, 0.717) is 0 Å². The van der Waals surface area contributed by atoms with Crippen LogP contribution in [0.25, 0.3) is 10.9 Å². The van der Waals surface area contributed by atoms with Gasteiger partial charge in [0.25, 0.3) is 0 Å². The van der Waals surface area contributed by atoms with E-state index in [1.54, 1.807) is 0 Å². The molecule has 0 aliphatic carbocycles. The summed E-state index contributed by atoms with van der Waals surface area (Å²) in [5, 5.41) is 4.79. The summed E-state index contributed by atoms with van der Waals surface area (Å²) in [5.41, 5.74) is 5.17. The van der Waals surface area contributed by atoms with Gasteiger partial charge in [0.1, 0.15) is 0 Å². The number of nitrogens with one attached hydrogen (secondary N) is 1. The van der Waals surface area contributed by atoms with Crippen LogP contribution in [0.5, 0.6) is 0 Å². The van der Waals surface area contributed by atoms with Gasteiger partial charge in [0.15, 0.2) is 0 Å². The summed E-state index contributed by atoms with van der Waals surface area (Å²) in [6.45, 7) is 3.97. The van der Waals surface area contributed by atoms with Gasteiger partial charge in [0, 0.05) is 24.7 Å². The van der Waals surface area contributed by atoms with Crippen LogP contribution < -0.4 is 5.32 Å². The summed E-state index contributed by atoms with van der Waals surface area (Å²) >= 11 is 0. The van der Waals surface area contributed by atoms with Gasteiger partial charge in [-0.1, -0.05) is 49.4 Å². The summed E-state index contributed by atoms with van der Waals surface area (Å²) in [6.07, 6.45) is 2.97. The molecule has 0 spiro atoms. The molecule has 1 N–H and O–H groups in total. The van der Waals surface area contributed by atoms with E-state index in [4.69, 9.17) is 0 Å². The first kappa shape index (κ1) is 13.8. The third-order valence-corrected chi connectivity index (χ3v) is 3.87. The maximum absolute atomic E-state index is 4.41. The van der Waals surface area contributed by atoms with Crippen molar-refractivity contribution in [2.24, 2.45) is 0 Å². The Kier molecular flexibility index (Phi) is 4.27. The topological polar surface area (TPSA) is 24.9 Å². The van der Waals surface area contributed by atoms with E-state index < -0.39 is 0 Å². The van der Waals surface area contributed by atoms with Crippen molar-refractivity contribution < 1.29 is 0 Å². The highest BCUT2D eigenvalue weighted by molar-refractivity contribution is 5.81. The third kappa shape index (κ3) is 3.11. The number of fused-ring (bicyclic) bond motifs is 1. The Morgan fingerprint density at radius 2 is 1.52 bits per heavy atom. The highest BCUT2D eigenvalue weighted by Crippen LogP contribution is 2.16. The highest BCUT2D eigenvalue weighted by Gasteiger charge is 2.02. The number of aromatic nitrogens is 1. The molecule has 2 aromatic carbocycles. The fourth-order valence-electron chi connectivity index (χ4n) is 2.72. The maximum atomic E-state index is 4.41. The lowest BCUT2D eigenvalue weighted by atomic mass is 10.1. The van der Waals surface area contributed by atoms with Crippen molar-refractivity contribution in [1.82, 2.24) is 10.3 Å². The quantitative estimate of drug-likeness (QED) is 0.759. The van der Waals surface area contributed by atoms with Gasteiger partial charge in [-0.2, -0.15) is 0 Å². The number of hydrogen-bond acceptors (Lipinski definition) is 2. The molecule has 106 valence electrons. The van der Waals surface area contributed by atoms with Gasteiger partial charge in [0.2, 0.25) is 0 Å². The first-order chi connectivity index (χ1) is 10.4. The van der Waals surface area contributed by atoms with Gasteiger partial charge >= 0.3 is 0 Å². The van der Waals surface area contributed by atoms with Crippen molar-refractivity contribution in [2.75, 3.05) is 0 Å². The normalized spacial score (nSPS) is 10.9. The lowest BCUT2D eigenvalue weighted by molar-refractivity contribution is 0.691. The molecule has 0 bridgehead atoms. The molecule has 3 rings (SSSR count). The zero-order valence-corrected chi connectivity index (χ0v) is 12.3. The Hall–Kier alpha value is -2.19. The zero-order valence-electron chi connectivity index (χ0n) is 12.3. The van der Waals surface area contributed by atoms with Gasteiger partial charge in [-0.3, -0.25) is 4.98 Å². The molecular formula is C19H20N2. The van der Waals surface area contributed by atoms with E-state index in [1.807, 2.05) is 12.3 Å². The van der Waals surface area contributed by atoms with Crippen LogP contribution in [0, 0.1) is 0 Å². The van der Waals surface area contributed by atoms with Crippen LogP contribution in [0.3, 0.4) is 0 Å². The molecule has 1 aromatic heterocycles. The monoisotopic (exact) mass is 276 g/mol. The van der Waals surface area contributed by atoms with Crippen molar-refractivity contribution in [3.05, 3.63) is 77.5 Å². The summed E-state index contributed by atoms with van der Waals surface area (Å²) in [7, 11) is 0. The Bertz CT molecular complexity index is 729. The van der Waals surface area contributed by atoms with Gasteiger partial charge in [-0.15, -0.1) is 0 Å². The van der Waals surface area contributed by atoms with Crippen LogP contribution >= 0.6 is 0 Å². The lowest BCUT2D eigenvalue weighted by Gasteiger charge is -2.10. The fourth-order valence-corrected chi connectivity index (χ4v) is 2.72. The summed E-state index contributed by atoms with van der Waals surface area (Å²) in [6, 6.07) is 19.0. The maximum Gasteiger partial charge on any atom is 0.0705 e. The summed E-state index contributed by atoms with van der Waals surface area (Å²) < 4.78 is 0. The SMILES string of the molecule is CCc1ccccc1CNCc1ccnc2ccccc12. The molecule has 3 aromatic rings. The van der Waals surface area contributed by atoms with Crippen LogP contribution in [-0.2, 0) is 19.5 Å². The second kappa shape index (κ2) is 6.51. The molecule has 1 heterocycles. The summed E-state index contributed by atoms with van der Waals surface area (Å²) in [5.74, 6) is 0. The number of benzene rings is 2. The number of para-hydroxylation sites is 1. The Labute approximate surface area is 125 Å². The van der Waals surface area contributed by atoms with E-state index >= 15 is 0 Å². The third-order valence-electron chi connectivity index (χ3n) is 3.87. The molecule has 2 nitrogen and oxygen atoms in total. The molecular weight excluding hydrogens is 256 g/mol. The second-order valence-electron chi connectivity index (χ2n) is 5.21. The van der Waals surface area contributed by atoms with E-state index in [0.717, 1.165) is 25.0 Å². The first-order valence-corrected chi connectivity index (χ1v) is 7.48. The molecule has 0 fully saturated rings. The molecule has 0 saturated heterocycles. The molecule has 0 saturated carbocycles. The molecule has 0 atom stereocenters. The Balaban J connectivity index is 1.72. The minimum Gasteiger partial charge on any atom is -0.309 e. The molecule has 0 amide bonds. The van der Waals surface area contributed by atoms with Gasteiger partial charge in [-0.05, 0) is 35.2 Å². The summed E-state index contributed by atoms with van der Waals surface area (Å²) in [4.78, 5) is 4.41. The molecule has 0 aliphatic rings. The largest absolute Gasteiger partial charge is 0.309 e. The van der Waals surface area contributed by atoms with E-state index in [1.165, 1.54) is 22.1 Å². The molecule has 2 heteroatoms. The van der Waals surface area contributed by atoms with Crippen LogP contribution in [-0.4, -0.2) is 4.98 Å². The fraction of sp³-hybridized carbons (Fsp3) is 0.211. The average molecular weight is 276 g/mol. The van der Waals surface area contributed by atoms with Crippen molar-refractivity contribution in [3.8, 4) is 0 Å². The molecule has 21 heavy (non-hydrogen) atoms. The first-order valence-electron chi connectivity index (χ1n) is 7.48. The van der Waals surface area contributed by atoms with Gasteiger partial charge < -0.3 is 5.32 Å². The van der Waals surface area contributed by atoms with E-state index in [9.17, 15) is 0 Å². The van der Waals surface area contributed by atoms with E-state index in [2.05, 4.69) is 65.8 Å². The van der Waals surface area contributed by atoms with Crippen LogP contribution in [0.2, 0.25) is 0 Å². The van der Waals surface area contributed by atoms with Crippen LogP contribution in [0.4, 0.5) is 0 Å². The average Bonchev–Trinajstić information content (AvgIpc) is 2.55. The zero-order chi connectivity index (χ0) is 14.5. The van der Waals surface area contributed by atoms with Crippen molar-refractivity contribution >= 4 is 10.9 Å². The second-order valence-corrected chi connectivity index (χ2v) is 5.21. The predicted molar refractivity (Wildman–Crippen MR) is 88.1 cm³/mol. The molecule has 0 aliphatic heterocycles.